The van der Waals surface area contributed by atoms with Gasteiger partial charge in [-0.25, -0.2) is 0 Å². The molecule has 4 heteroatoms. The third kappa shape index (κ3) is 1.89. The highest BCUT2D eigenvalue weighted by atomic mass is 35.5. The summed E-state index contributed by atoms with van der Waals surface area (Å²) in [5.74, 6) is 0. The Balaban J connectivity index is 2.28. The molecule has 1 unspecified atom stereocenters. The van der Waals surface area contributed by atoms with Gasteiger partial charge in [0.2, 0.25) is 0 Å². The molecule has 1 heterocycles. The number of likely N-dealkylation sites (N-methyl/N-ethyl adjacent to an activating group) is 1. The Morgan fingerprint density at radius 3 is 2.71 bits per heavy atom. The van der Waals surface area contributed by atoms with Gasteiger partial charge in [0.1, 0.15) is 0 Å². The van der Waals surface area contributed by atoms with E-state index < -0.39 is 0 Å². The minimum atomic E-state index is 0.268. The molecular formula is C10H12Cl2N2. The molecular weight excluding hydrogens is 219 g/mol. The molecule has 0 spiro atoms. The average Bonchev–Trinajstić information content (AvgIpc) is 2.57. The molecule has 76 valence electrons. The summed E-state index contributed by atoms with van der Waals surface area (Å²) in [5.41, 5.74) is 1.17. The summed E-state index contributed by atoms with van der Waals surface area (Å²) in [6.07, 6.45) is 0.268. The van der Waals surface area contributed by atoms with Gasteiger partial charge in [-0.3, -0.25) is 10.2 Å². The number of halogens is 2. The molecule has 1 atom stereocenters. The van der Waals surface area contributed by atoms with E-state index in [2.05, 4.69) is 17.3 Å². The standard InChI is InChI=1S/C10H12Cl2N2/c1-14-5-4-13-10(14)7-2-3-8(11)9(12)6-7/h2-3,6,10,13H,4-5H2,1H3. The van der Waals surface area contributed by atoms with Crippen molar-refractivity contribution in [3.63, 3.8) is 0 Å². The molecule has 1 saturated heterocycles. The summed E-state index contributed by atoms with van der Waals surface area (Å²) in [7, 11) is 2.09. The summed E-state index contributed by atoms with van der Waals surface area (Å²) < 4.78 is 0. The Labute approximate surface area is 93.8 Å². The molecule has 1 aromatic rings. The van der Waals surface area contributed by atoms with E-state index in [1.807, 2.05) is 18.2 Å². The first-order valence-corrected chi connectivity index (χ1v) is 5.32. The molecule has 2 rings (SSSR count). The Bertz CT molecular complexity index is 341. The van der Waals surface area contributed by atoms with Crippen molar-refractivity contribution >= 4 is 23.2 Å². The minimum absolute atomic E-state index is 0.268. The average molecular weight is 231 g/mol. The molecule has 2 nitrogen and oxygen atoms in total. The van der Waals surface area contributed by atoms with E-state index in [-0.39, 0.29) is 6.17 Å². The van der Waals surface area contributed by atoms with E-state index in [9.17, 15) is 0 Å². The zero-order valence-corrected chi connectivity index (χ0v) is 9.44. The number of benzene rings is 1. The molecule has 1 aliphatic heterocycles. The van der Waals surface area contributed by atoms with Crippen molar-refractivity contribution in [1.29, 1.82) is 0 Å². The van der Waals surface area contributed by atoms with Crippen LogP contribution in [-0.2, 0) is 0 Å². The molecule has 1 N–H and O–H groups in total. The summed E-state index contributed by atoms with van der Waals surface area (Å²) in [4.78, 5) is 2.25. The van der Waals surface area contributed by atoms with Gasteiger partial charge in [-0.2, -0.15) is 0 Å². The third-order valence-electron chi connectivity index (χ3n) is 2.50. The van der Waals surface area contributed by atoms with Crippen LogP contribution in [0.4, 0.5) is 0 Å². The van der Waals surface area contributed by atoms with Gasteiger partial charge in [0.05, 0.1) is 16.2 Å². The van der Waals surface area contributed by atoms with Gasteiger partial charge in [0.15, 0.2) is 0 Å². The van der Waals surface area contributed by atoms with Gasteiger partial charge in [0.25, 0.3) is 0 Å². The second-order valence-corrected chi connectivity index (χ2v) is 4.33. The first-order valence-electron chi connectivity index (χ1n) is 4.57. The summed E-state index contributed by atoms with van der Waals surface area (Å²) >= 11 is 11.8. The van der Waals surface area contributed by atoms with Crippen LogP contribution < -0.4 is 5.32 Å². The highest BCUT2D eigenvalue weighted by molar-refractivity contribution is 6.42. The zero-order chi connectivity index (χ0) is 10.1. The van der Waals surface area contributed by atoms with E-state index in [0.29, 0.717) is 10.0 Å². The lowest BCUT2D eigenvalue weighted by Crippen LogP contribution is -2.23. The Kier molecular flexibility index (Phi) is 2.98. The number of hydrogen-bond acceptors (Lipinski definition) is 2. The fraction of sp³-hybridized carbons (Fsp3) is 0.400. The molecule has 1 aliphatic rings. The maximum atomic E-state index is 5.96. The van der Waals surface area contributed by atoms with E-state index in [0.717, 1.165) is 13.1 Å². The number of hydrogen-bond donors (Lipinski definition) is 1. The smallest absolute Gasteiger partial charge is 0.0859 e. The van der Waals surface area contributed by atoms with Gasteiger partial charge in [-0.15, -0.1) is 0 Å². The van der Waals surface area contributed by atoms with E-state index in [4.69, 9.17) is 23.2 Å². The van der Waals surface area contributed by atoms with Crippen molar-refractivity contribution in [2.75, 3.05) is 20.1 Å². The van der Waals surface area contributed by atoms with Gasteiger partial charge in [-0.05, 0) is 24.7 Å². The lowest BCUT2D eigenvalue weighted by Gasteiger charge is -2.19. The quantitative estimate of drug-likeness (QED) is 0.798. The first kappa shape index (κ1) is 10.2. The van der Waals surface area contributed by atoms with Gasteiger partial charge in [-0.1, -0.05) is 29.3 Å². The van der Waals surface area contributed by atoms with Gasteiger partial charge in [0, 0.05) is 13.1 Å². The lowest BCUT2D eigenvalue weighted by atomic mass is 10.1. The topological polar surface area (TPSA) is 15.3 Å². The van der Waals surface area contributed by atoms with Crippen LogP contribution in [0.5, 0.6) is 0 Å². The van der Waals surface area contributed by atoms with Gasteiger partial charge >= 0.3 is 0 Å². The molecule has 0 saturated carbocycles. The minimum Gasteiger partial charge on any atom is -0.297 e. The summed E-state index contributed by atoms with van der Waals surface area (Å²) in [6, 6.07) is 5.77. The molecule has 14 heavy (non-hydrogen) atoms. The van der Waals surface area contributed by atoms with Crippen molar-refractivity contribution in [2.24, 2.45) is 0 Å². The fourth-order valence-corrected chi connectivity index (χ4v) is 2.02. The zero-order valence-electron chi connectivity index (χ0n) is 7.93. The van der Waals surface area contributed by atoms with E-state index in [1.54, 1.807) is 0 Å². The van der Waals surface area contributed by atoms with E-state index in [1.165, 1.54) is 5.56 Å². The monoisotopic (exact) mass is 230 g/mol. The van der Waals surface area contributed by atoms with Crippen LogP contribution >= 0.6 is 23.2 Å². The molecule has 0 amide bonds. The number of nitrogens with zero attached hydrogens (tertiary/aromatic N) is 1. The second-order valence-electron chi connectivity index (χ2n) is 3.51. The highest BCUT2D eigenvalue weighted by Gasteiger charge is 2.21. The Morgan fingerprint density at radius 2 is 2.14 bits per heavy atom. The van der Waals surface area contributed by atoms with Crippen LogP contribution in [0.1, 0.15) is 11.7 Å². The van der Waals surface area contributed by atoms with Crippen LogP contribution in [-0.4, -0.2) is 25.0 Å². The van der Waals surface area contributed by atoms with Crippen LogP contribution in [0.3, 0.4) is 0 Å². The molecule has 0 aliphatic carbocycles. The summed E-state index contributed by atoms with van der Waals surface area (Å²) in [6.45, 7) is 2.08. The number of rotatable bonds is 1. The van der Waals surface area contributed by atoms with Crippen molar-refractivity contribution in [3.8, 4) is 0 Å². The Hall–Kier alpha value is -0.280. The van der Waals surface area contributed by atoms with Crippen molar-refractivity contribution < 1.29 is 0 Å². The SMILES string of the molecule is CN1CCNC1c1ccc(Cl)c(Cl)c1. The largest absolute Gasteiger partial charge is 0.297 e. The molecule has 0 bridgehead atoms. The van der Waals surface area contributed by atoms with Crippen LogP contribution in [0.15, 0.2) is 18.2 Å². The Morgan fingerprint density at radius 1 is 1.36 bits per heavy atom. The highest BCUT2D eigenvalue weighted by Crippen LogP contribution is 2.27. The summed E-state index contributed by atoms with van der Waals surface area (Å²) in [5, 5.41) is 4.62. The maximum Gasteiger partial charge on any atom is 0.0859 e. The molecule has 0 radical (unpaired) electrons. The van der Waals surface area contributed by atoms with Crippen LogP contribution in [0.25, 0.3) is 0 Å². The predicted octanol–water partition coefficient (Wildman–Crippen LogP) is 2.53. The van der Waals surface area contributed by atoms with Crippen molar-refractivity contribution in [2.45, 2.75) is 6.17 Å². The van der Waals surface area contributed by atoms with E-state index >= 15 is 0 Å². The normalized spacial score (nSPS) is 22.9. The van der Waals surface area contributed by atoms with Crippen molar-refractivity contribution in [1.82, 2.24) is 10.2 Å². The predicted molar refractivity (Wildman–Crippen MR) is 59.8 cm³/mol. The maximum absolute atomic E-state index is 5.96. The molecule has 1 fully saturated rings. The molecule has 0 aromatic heterocycles. The fourth-order valence-electron chi connectivity index (χ4n) is 1.72. The lowest BCUT2D eigenvalue weighted by molar-refractivity contribution is 0.301. The first-order chi connectivity index (χ1) is 6.68. The van der Waals surface area contributed by atoms with Crippen molar-refractivity contribution in [3.05, 3.63) is 33.8 Å². The second kappa shape index (κ2) is 4.07. The third-order valence-corrected chi connectivity index (χ3v) is 3.24. The number of nitrogens with one attached hydrogen (secondary N) is 1. The van der Waals surface area contributed by atoms with Crippen LogP contribution in [0, 0.1) is 0 Å². The van der Waals surface area contributed by atoms with Gasteiger partial charge < -0.3 is 0 Å². The molecule has 1 aromatic carbocycles. The van der Waals surface area contributed by atoms with Crippen LogP contribution in [0.2, 0.25) is 10.0 Å².